The van der Waals surface area contributed by atoms with Crippen LogP contribution >= 0.6 is 0 Å². The number of anilines is 3. The van der Waals surface area contributed by atoms with E-state index in [0.717, 1.165) is 50.9 Å². The monoisotopic (exact) mass is 676 g/mol. The van der Waals surface area contributed by atoms with Gasteiger partial charge < -0.3 is 14.2 Å². The van der Waals surface area contributed by atoms with Crippen LogP contribution < -0.4 is 9.64 Å². The second kappa shape index (κ2) is 11.7. The Morgan fingerprint density at radius 1 is 0.396 bits per heavy atom. The van der Waals surface area contributed by atoms with Crippen LogP contribution in [0.3, 0.4) is 0 Å². The second-order valence-corrected chi connectivity index (χ2v) is 13.7. The van der Waals surface area contributed by atoms with Crippen LogP contribution in [0.2, 0.25) is 0 Å². The van der Waals surface area contributed by atoms with Crippen molar-refractivity contribution in [1.82, 2.24) is 4.57 Å². The van der Waals surface area contributed by atoms with E-state index in [1.165, 1.54) is 48.9 Å². The van der Waals surface area contributed by atoms with Gasteiger partial charge in [-0.15, -0.1) is 0 Å². The molecule has 53 heavy (non-hydrogen) atoms. The molecule has 9 aromatic carbocycles. The van der Waals surface area contributed by atoms with Crippen LogP contribution in [0.25, 0.3) is 71.3 Å². The summed E-state index contributed by atoms with van der Waals surface area (Å²) in [7, 11) is 0. The zero-order valence-electron chi connectivity index (χ0n) is 28.8. The molecule has 2 heterocycles. The van der Waals surface area contributed by atoms with E-state index in [9.17, 15) is 0 Å². The summed E-state index contributed by atoms with van der Waals surface area (Å²) >= 11 is 0. The molecule has 0 unspecified atom stereocenters. The molecular weight excluding hydrogens is 645 g/mol. The Morgan fingerprint density at radius 3 is 1.96 bits per heavy atom. The van der Waals surface area contributed by atoms with Gasteiger partial charge in [0, 0.05) is 44.2 Å². The first-order chi connectivity index (χ1) is 26.3. The third-order valence-electron chi connectivity index (χ3n) is 10.8. The molecule has 1 aromatic heterocycles. The van der Waals surface area contributed by atoms with Crippen molar-refractivity contribution in [2.24, 2.45) is 0 Å². The minimum atomic E-state index is 0.887. The summed E-state index contributed by atoms with van der Waals surface area (Å²) in [5, 5.41) is 7.23. The number of hydrogen-bond donors (Lipinski definition) is 0. The first-order valence-electron chi connectivity index (χ1n) is 18.1. The van der Waals surface area contributed by atoms with Crippen LogP contribution in [0, 0.1) is 0 Å². The fourth-order valence-corrected chi connectivity index (χ4v) is 8.33. The van der Waals surface area contributed by atoms with Gasteiger partial charge >= 0.3 is 0 Å². The second-order valence-electron chi connectivity index (χ2n) is 13.7. The third-order valence-corrected chi connectivity index (χ3v) is 10.8. The Labute approximate surface area is 307 Å². The summed E-state index contributed by atoms with van der Waals surface area (Å²) in [5.74, 6) is 1.80. The SMILES string of the molecule is c1ccc(-n2c3ccccc3c3cc(N(c4ccc(-c5ccc6c(c5)Oc5cccc7cccc-6c57)cc4)c4cccc5ccccc45)ccc32)cc1. The summed E-state index contributed by atoms with van der Waals surface area (Å²) in [6.45, 7) is 0. The molecule has 0 bridgehead atoms. The van der Waals surface area contributed by atoms with Gasteiger partial charge in [0.1, 0.15) is 11.5 Å². The fourth-order valence-electron chi connectivity index (χ4n) is 8.33. The van der Waals surface area contributed by atoms with Gasteiger partial charge in [-0.2, -0.15) is 0 Å². The number of hydrogen-bond acceptors (Lipinski definition) is 2. The van der Waals surface area contributed by atoms with Gasteiger partial charge in [0.05, 0.1) is 16.7 Å². The number of para-hydroxylation sites is 2. The molecule has 3 nitrogen and oxygen atoms in total. The molecule has 1 aliphatic rings. The number of ether oxygens (including phenoxy) is 1. The first-order valence-corrected chi connectivity index (χ1v) is 18.1. The zero-order valence-corrected chi connectivity index (χ0v) is 28.8. The average molecular weight is 677 g/mol. The van der Waals surface area contributed by atoms with Crippen LogP contribution in [0.15, 0.2) is 194 Å². The number of aromatic nitrogens is 1. The van der Waals surface area contributed by atoms with Crippen LogP contribution in [0.5, 0.6) is 11.5 Å². The molecule has 0 amide bonds. The van der Waals surface area contributed by atoms with E-state index in [1.807, 2.05) is 0 Å². The summed E-state index contributed by atoms with van der Waals surface area (Å²) in [6.07, 6.45) is 0. The minimum absolute atomic E-state index is 0.887. The molecule has 0 saturated heterocycles. The maximum Gasteiger partial charge on any atom is 0.135 e. The minimum Gasteiger partial charge on any atom is -0.456 e. The third kappa shape index (κ3) is 4.68. The van der Waals surface area contributed by atoms with Crippen molar-refractivity contribution < 1.29 is 4.74 Å². The van der Waals surface area contributed by atoms with Gasteiger partial charge in [-0.05, 0) is 100 Å². The van der Waals surface area contributed by atoms with E-state index in [1.54, 1.807) is 0 Å². The predicted molar refractivity (Wildman–Crippen MR) is 221 cm³/mol. The van der Waals surface area contributed by atoms with Gasteiger partial charge in [-0.1, -0.05) is 121 Å². The molecule has 0 saturated carbocycles. The molecule has 0 atom stereocenters. The fraction of sp³-hybridized carbons (Fsp3) is 0. The Kier molecular flexibility index (Phi) is 6.55. The van der Waals surface area contributed by atoms with E-state index in [-0.39, 0.29) is 0 Å². The topological polar surface area (TPSA) is 17.4 Å². The van der Waals surface area contributed by atoms with E-state index < -0.39 is 0 Å². The Hall–Kier alpha value is -7.10. The number of nitrogens with zero attached hydrogens (tertiary/aromatic N) is 2. The van der Waals surface area contributed by atoms with Crippen LogP contribution in [-0.2, 0) is 0 Å². The van der Waals surface area contributed by atoms with Gasteiger partial charge in [-0.3, -0.25) is 0 Å². The van der Waals surface area contributed by atoms with Gasteiger partial charge in [0.25, 0.3) is 0 Å². The predicted octanol–water partition coefficient (Wildman–Crippen LogP) is 14.0. The van der Waals surface area contributed by atoms with Crippen molar-refractivity contribution in [3.63, 3.8) is 0 Å². The molecular formula is C50H32N2O. The molecule has 0 radical (unpaired) electrons. The van der Waals surface area contributed by atoms with Crippen molar-refractivity contribution in [2.45, 2.75) is 0 Å². The molecule has 10 aromatic rings. The maximum atomic E-state index is 6.52. The Balaban J connectivity index is 1.05. The smallest absolute Gasteiger partial charge is 0.135 e. The van der Waals surface area contributed by atoms with Crippen LogP contribution in [0.1, 0.15) is 0 Å². The van der Waals surface area contributed by atoms with E-state index >= 15 is 0 Å². The number of rotatable bonds is 5. The zero-order chi connectivity index (χ0) is 34.9. The first kappa shape index (κ1) is 29.6. The molecule has 11 rings (SSSR count). The molecule has 1 aliphatic heterocycles. The highest BCUT2D eigenvalue weighted by Gasteiger charge is 2.22. The van der Waals surface area contributed by atoms with Gasteiger partial charge in [-0.25, -0.2) is 0 Å². The highest BCUT2D eigenvalue weighted by Crippen LogP contribution is 2.48. The van der Waals surface area contributed by atoms with Crippen molar-refractivity contribution in [1.29, 1.82) is 0 Å². The van der Waals surface area contributed by atoms with E-state index in [0.29, 0.717) is 0 Å². The van der Waals surface area contributed by atoms with Crippen LogP contribution in [-0.4, -0.2) is 4.57 Å². The van der Waals surface area contributed by atoms with E-state index in [2.05, 4.69) is 204 Å². The van der Waals surface area contributed by atoms with Crippen molar-refractivity contribution in [3.05, 3.63) is 194 Å². The normalized spacial score (nSPS) is 11.9. The lowest BCUT2D eigenvalue weighted by atomic mass is 9.93. The van der Waals surface area contributed by atoms with Crippen molar-refractivity contribution >= 4 is 60.4 Å². The Morgan fingerprint density at radius 2 is 1.08 bits per heavy atom. The largest absolute Gasteiger partial charge is 0.456 e. The maximum absolute atomic E-state index is 6.52. The van der Waals surface area contributed by atoms with Gasteiger partial charge in [0.2, 0.25) is 0 Å². The molecule has 248 valence electrons. The molecule has 0 spiro atoms. The van der Waals surface area contributed by atoms with Crippen molar-refractivity contribution in [2.75, 3.05) is 4.90 Å². The lowest BCUT2D eigenvalue weighted by Gasteiger charge is -2.27. The molecule has 0 aliphatic carbocycles. The summed E-state index contributed by atoms with van der Waals surface area (Å²) in [6, 6.07) is 69.7. The van der Waals surface area contributed by atoms with E-state index in [4.69, 9.17) is 4.74 Å². The van der Waals surface area contributed by atoms with Gasteiger partial charge in [0.15, 0.2) is 0 Å². The number of fused-ring (bicyclic) bond motifs is 6. The molecule has 3 heteroatoms. The highest BCUT2D eigenvalue weighted by atomic mass is 16.5. The summed E-state index contributed by atoms with van der Waals surface area (Å²) in [5.41, 5.74) is 11.5. The van der Waals surface area contributed by atoms with Crippen molar-refractivity contribution in [3.8, 4) is 39.4 Å². The lowest BCUT2D eigenvalue weighted by molar-refractivity contribution is 0.487. The Bertz CT molecular complexity index is 3020. The summed E-state index contributed by atoms with van der Waals surface area (Å²) < 4.78 is 8.88. The standard InChI is InChI=1S/C50H32N2O/c1-2-15-37(16-3-1)52-46-20-7-6-18-41(46)44-32-39(28-30-47(44)52)51(45-21-9-12-34-11-4-5-17-40(34)45)38-26-23-33(24-27-38)36-25-29-42-43-19-8-13-35-14-10-22-48(50(35)43)53-49(42)31-36/h1-32H. The number of benzene rings is 9. The average Bonchev–Trinajstić information content (AvgIpc) is 3.55. The molecule has 0 N–H and O–H groups in total. The quantitative estimate of drug-likeness (QED) is 0.181. The molecule has 0 fully saturated rings. The highest BCUT2D eigenvalue weighted by molar-refractivity contribution is 6.11. The van der Waals surface area contributed by atoms with Crippen LogP contribution in [0.4, 0.5) is 17.1 Å². The summed E-state index contributed by atoms with van der Waals surface area (Å²) in [4.78, 5) is 2.40. The lowest BCUT2D eigenvalue weighted by Crippen LogP contribution is -2.10.